The highest BCUT2D eigenvalue weighted by molar-refractivity contribution is 9.10. The number of anilines is 1. The van der Waals surface area contributed by atoms with Crippen LogP contribution in [0.25, 0.3) is 0 Å². The van der Waals surface area contributed by atoms with Gasteiger partial charge in [0, 0.05) is 10.2 Å². The lowest BCUT2D eigenvalue weighted by Gasteiger charge is -2.07. The van der Waals surface area contributed by atoms with Gasteiger partial charge in [-0.2, -0.15) is 0 Å². The number of halogens is 1. The quantitative estimate of drug-likeness (QED) is 0.804. The number of hydrogen-bond acceptors (Lipinski definition) is 3. The molecule has 2 aromatic carbocycles. The van der Waals surface area contributed by atoms with Gasteiger partial charge >= 0.3 is 5.97 Å². The molecule has 0 atom stereocenters. The van der Waals surface area contributed by atoms with Crippen LogP contribution in [0, 0.1) is 0 Å². The summed E-state index contributed by atoms with van der Waals surface area (Å²) >= 11 is 3.22. The first-order valence-electron chi connectivity index (χ1n) is 5.60. The largest absolute Gasteiger partial charge is 0.507 e. The Morgan fingerprint density at radius 1 is 1.05 bits per heavy atom. The zero-order valence-corrected chi connectivity index (χ0v) is 11.7. The van der Waals surface area contributed by atoms with E-state index in [1.807, 2.05) is 0 Å². The van der Waals surface area contributed by atoms with Crippen LogP contribution in [0.4, 0.5) is 5.69 Å². The summed E-state index contributed by atoms with van der Waals surface area (Å²) in [6.07, 6.45) is 0. The second-order valence-electron chi connectivity index (χ2n) is 4.00. The number of amides is 1. The average Bonchev–Trinajstić information content (AvgIpc) is 2.42. The Hall–Kier alpha value is -2.34. The maximum atomic E-state index is 12.0. The van der Waals surface area contributed by atoms with Crippen molar-refractivity contribution < 1.29 is 19.8 Å². The lowest BCUT2D eigenvalue weighted by molar-refractivity contribution is 0.0696. The number of rotatable bonds is 3. The Morgan fingerprint density at radius 2 is 1.70 bits per heavy atom. The first kappa shape index (κ1) is 14.1. The molecular formula is C14H10BrNO4. The van der Waals surface area contributed by atoms with Gasteiger partial charge in [-0.3, -0.25) is 4.79 Å². The van der Waals surface area contributed by atoms with Crippen LogP contribution >= 0.6 is 15.9 Å². The van der Waals surface area contributed by atoms with Crippen molar-refractivity contribution >= 4 is 33.5 Å². The highest BCUT2D eigenvalue weighted by Gasteiger charge is 2.12. The number of carbonyl (C=O) groups excluding carboxylic acids is 1. The molecule has 0 saturated heterocycles. The summed E-state index contributed by atoms with van der Waals surface area (Å²) in [4.78, 5) is 22.7. The molecule has 3 N–H and O–H groups in total. The smallest absolute Gasteiger partial charge is 0.335 e. The molecule has 0 heterocycles. The lowest BCUT2D eigenvalue weighted by Crippen LogP contribution is -2.12. The summed E-state index contributed by atoms with van der Waals surface area (Å²) in [5.74, 6) is -1.65. The first-order valence-corrected chi connectivity index (χ1v) is 6.40. The maximum absolute atomic E-state index is 12.0. The molecule has 0 bridgehead atoms. The third-order valence-electron chi connectivity index (χ3n) is 2.59. The van der Waals surface area contributed by atoms with E-state index in [1.165, 1.54) is 36.4 Å². The molecule has 0 fully saturated rings. The van der Waals surface area contributed by atoms with Crippen LogP contribution in [0.1, 0.15) is 20.7 Å². The van der Waals surface area contributed by atoms with Crippen LogP contribution in [0.2, 0.25) is 0 Å². The van der Waals surface area contributed by atoms with E-state index in [1.54, 1.807) is 6.07 Å². The molecule has 1 amide bonds. The Bertz CT molecular complexity index is 667. The fourth-order valence-electron chi connectivity index (χ4n) is 1.58. The third-order valence-corrected chi connectivity index (χ3v) is 3.09. The van der Waals surface area contributed by atoms with Gasteiger partial charge in [0.25, 0.3) is 5.91 Å². The lowest BCUT2D eigenvalue weighted by atomic mass is 10.1. The van der Waals surface area contributed by atoms with Gasteiger partial charge in [0.2, 0.25) is 0 Å². The fraction of sp³-hybridized carbons (Fsp3) is 0. The van der Waals surface area contributed by atoms with Gasteiger partial charge in [0.1, 0.15) is 5.75 Å². The van der Waals surface area contributed by atoms with Crippen molar-refractivity contribution in [2.45, 2.75) is 0 Å². The number of benzene rings is 2. The zero-order chi connectivity index (χ0) is 14.7. The molecular weight excluding hydrogens is 326 g/mol. The topological polar surface area (TPSA) is 86.6 Å². The molecule has 0 aliphatic carbocycles. The van der Waals surface area contributed by atoms with E-state index in [-0.39, 0.29) is 16.9 Å². The predicted molar refractivity (Wildman–Crippen MR) is 77.2 cm³/mol. The Balaban J connectivity index is 2.19. The van der Waals surface area contributed by atoms with E-state index in [4.69, 9.17) is 5.11 Å². The number of carboxylic acid groups (broad SMARTS) is 1. The minimum atomic E-state index is -1.03. The van der Waals surface area contributed by atoms with Crippen molar-refractivity contribution in [1.82, 2.24) is 0 Å². The number of aromatic carboxylic acids is 1. The van der Waals surface area contributed by atoms with Gasteiger partial charge in [-0.1, -0.05) is 15.9 Å². The molecule has 0 aliphatic rings. The minimum absolute atomic E-state index is 0.127. The summed E-state index contributed by atoms with van der Waals surface area (Å²) in [5.41, 5.74) is 0.703. The SMILES string of the molecule is O=C(O)c1ccc(NC(=O)c2cc(Br)ccc2O)cc1. The molecule has 0 unspecified atom stereocenters. The monoisotopic (exact) mass is 335 g/mol. The number of carbonyl (C=O) groups is 2. The van der Waals surface area contributed by atoms with Crippen LogP contribution in [0.5, 0.6) is 5.75 Å². The molecule has 102 valence electrons. The normalized spacial score (nSPS) is 10.1. The van der Waals surface area contributed by atoms with Crippen molar-refractivity contribution in [2.75, 3.05) is 5.32 Å². The van der Waals surface area contributed by atoms with E-state index in [0.29, 0.717) is 10.2 Å². The average molecular weight is 336 g/mol. The fourth-order valence-corrected chi connectivity index (χ4v) is 1.95. The Labute approximate surface area is 123 Å². The zero-order valence-electron chi connectivity index (χ0n) is 10.1. The third kappa shape index (κ3) is 3.16. The maximum Gasteiger partial charge on any atom is 0.335 e. The standard InChI is InChI=1S/C14H10BrNO4/c15-9-3-6-12(17)11(7-9)13(18)16-10-4-1-8(2-5-10)14(19)20/h1-7,17H,(H,16,18)(H,19,20). The van der Waals surface area contributed by atoms with Crippen molar-refractivity contribution in [2.24, 2.45) is 0 Å². The van der Waals surface area contributed by atoms with Crippen molar-refractivity contribution in [1.29, 1.82) is 0 Å². The van der Waals surface area contributed by atoms with E-state index in [0.717, 1.165) is 0 Å². The minimum Gasteiger partial charge on any atom is -0.507 e. The Morgan fingerprint density at radius 3 is 2.30 bits per heavy atom. The molecule has 0 radical (unpaired) electrons. The van der Waals surface area contributed by atoms with E-state index >= 15 is 0 Å². The number of carboxylic acids is 1. The molecule has 0 spiro atoms. The van der Waals surface area contributed by atoms with Gasteiger partial charge < -0.3 is 15.5 Å². The number of phenolic OH excluding ortho intramolecular Hbond substituents is 1. The number of nitrogens with one attached hydrogen (secondary N) is 1. The van der Waals surface area contributed by atoms with Crippen LogP contribution in [-0.2, 0) is 0 Å². The van der Waals surface area contributed by atoms with Gasteiger partial charge in [-0.15, -0.1) is 0 Å². The highest BCUT2D eigenvalue weighted by atomic mass is 79.9. The summed E-state index contributed by atoms with van der Waals surface area (Å²) in [6, 6.07) is 10.3. The van der Waals surface area contributed by atoms with Crippen LogP contribution in [0.15, 0.2) is 46.9 Å². The van der Waals surface area contributed by atoms with E-state index in [2.05, 4.69) is 21.2 Å². The van der Waals surface area contributed by atoms with E-state index in [9.17, 15) is 14.7 Å². The number of aromatic hydroxyl groups is 1. The second-order valence-corrected chi connectivity index (χ2v) is 4.91. The predicted octanol–water partition coefficient (Wildman–Crippen LogP) is 3.11. The number of phenols is 1. The summed E-state index contributed by atoms with van der Waals surface area (Å²) in [6.45, 7) is 0. The van der Waals surface area contributed by atoms with Crippen LogP contribution in [-0.4, -0.2) is 22.1 Å². The molecule has 5 nitrogen and oxygen atoms in total. The van der Waals surface area contributed by atoms with Gasteiger partial charge in [0.05, 0.1) is 11.1 Å². The summed E-state index contributed by atoms with van der Waals surface area (Å²) < 4.78 is 0.668. The highest BCUT2D eigenvalue weighted by Crippen LogP contribution is 2.23. The first-order chi connectivity index (χ1) is 9.47. The van der Waals surface area contributed by atoms with Crippen LogP contribution in [0.3, 0.4) is 0 Å². The molecule has 6 heteroatoms. The molecule has 2 aromatic rings. The summed E-state index contributed by atoms with van der Waals surface area (Å²) in [7, 11) is 0. The van der Waals surface area contributed by atoms with E-state index < -0.39 is 11.9 Å². The van der Waals surface area contributed by atoms with Crippen molar-refractivity contribution in [3.8, 4) is 5.75 Å². The van der Waals surface area contributed by atoms with Crippen LogP contribution < -0.4 is 5.32 Å². The molecule has 0 saturated carbocycles. The van der Waals surface area contributed by atoms with Gasteiger partial charge in [0.15, 0.2) is 0 Å². The molecule has 2 rings (SSSR count). The van der Waals surface area contributed by atoms with Gasteiger partial charge in [-0.05, 0) is 42.5 Å². The molecule has 0 aromatic heterocycles. The number of hydrogen-bond donors (Lipinski definition) is 3. The Kier molecular flexibility index (Phi) is 4.05. The molecule has 0 aliphatic heterocycles. The second kappa shape index (κ2) is 5.75. The van der Waals surface area contributed by atoms with Crippen molar-refractivity contribution in [3.63, 3.8) is 0 Å². The van der Waals surface area contributed by atoms with Gasteiger partial charge in [-0.25, -0.2) is 4.79 Å². The van der Waals surface area contributed by atoms with Crippen molar-refractivity contribution in [3.05, 3.63) is 58.1 Å². The summed E-state index contributed by atoms with van der Waals surface area (Å²) in [5, 5.41) is 21.0. The molecule has 20 heavy (non-hydrogen) atoms.